The Morgan fingerprint density at radius 3 is 2.45 bits per heavy atom. The van der Waals surface area contributed by atoms with Gasteiger partial charge in [-0.2, -0.15) is 0 Å². The molecule has 220 valence electrons. The molecule has 0 unspecified atom stereocenters. The number of nitrogens with zero attached hydrogens (tertiary/aromatic N) is 3. The molecule has 1 saturated heterocycles. The standard InChI is InChI=1S/C35H30N4O5/c40-34-35(41)44-32-25-12-11-24-18-22(20-39-30-9-5-4-8-28(30)37-33(39)23-6-2-1-3-7-23)10-13-27(24)36-29(25)19-31(43-34)26(32)21-38-14-16-42-17-15-38/h1-10,13,18-19,36H,11-12,14-17,20-21H2. The number of ether oxygens (including phenoxy) is 3. The molecule has 9 nitrogen and oxygen atoms in total. The second-order valence-electron chi connectivity index (χ2n) is 11.4. The Morgan fingerprint density at radius 2 is 1.59 bits per heavy atom. The summed E-state index contributed by atoms with van der Waals surface area (Å²) in [5.41, 5.74) is 8.78. The van der Waals surface area contributed by atoms with Gasteiger partial charge in [0, 0.05) is 54.7 Å². The quantitative estimate of drug-likeness (QED) is 0.170. The maximum atomic E-state index is 12.6. The van der Waals surface area contributed by atoms with Gasteiger partial charge in [0.25, 0.3) is 0 Å². The summed E-state index contributed by atoms with van der Waals surface area (Å²) in [5.74, 6) is -0.285. The fraction of sp³-hybridized carbons (Fsp3) is 0.229. The summed E-state index contributed by atoms with van der Waals surface area (Å²) < 4.78 is 19.0. The third-order valence-corrected chi connectivity index (χ3v) is 8.61. The zero-order valence-electron chi connectivity index (χ0n) is 24.0. The molecule has 2 bridgehead atoms. The molecule has 0 radical (unpaired) electrons. The summed E-state index contributed by atoms with van der Waals surface area (Å²) in [5, 5.41) is 3.56. The van der Waals surface area contributed by atoms with Crippen LogP contribution in [-0.2, 0) is 40.3 Å². The Bertz CT molecular complexity index is 1930. The predicted octanol–water partition coefficient (Wildman–Crippen LogP) is 5.25. The Balaban J connectivity index is 1.14. The Labute approximate surface area is 254 Å². The van der Waals surface area contributed by atoms with Crippen LogP contribution in [0.25, 0.3) is 22.4 Å². The first kappa shape index (κ1) is 26.6. The number of carbonyl (C=O) groups excluding carboxylic acids is 2. The van der Waals surface area contributed by atoms with Crippen LogP contribution in [0.2, 0.25) is 0 Å². The lowest BCUT2D eigenvalue weighted by Crippen LogP contribution is -2.35. The molecule has 4 aromatic carbocycles. The van der Waals surface area contributed by atoms with Crippen molar-refractivity contribution in [2.75, 3.05) is 31.6 Å². The molecule has 1 fully saturated rings. The van der Waals surface area contributed by atoms with Gasteiger partial charge in [0.05, 0.1) is 29.8 Å². The maximum Gasteiger partial charge on any atom is 0.423 e. The van der Waals surface area contributed by atoms with Crippen molar-refractivity contribution in [3.63, 3.8) is 0 Å². The molecule has 0 atom stereocenters. The molecule has 4 heterocycles. The highest BCUT2D eigenvalue weighted by Crippen LogP contribution is 2.44. The molecule has 44 heavy (non-hydrogen) atoms. The minimum atomic E-state index is -1.00. The first-order valence-electron chi connectivity index (χ1n) is 14.9. The van der Waals surface area contributed by atoms with Crippen LogP contribution in [0.1, 0.15) is 22.3 Å². The van der Waals surface area contributed by atoms with E-state index in [1.807, 2.05) is 36.4 Å². The number of morpholine rings is 1. The molecule has 1 aromatic heterocycles. The zero-order chi connectivity index (χ0) is 29.6. The molecule has 3 aliphatic heterocycles. The summed E-state index contributed by atoms with van der Waals surface area (Å²) in [6.07, 6.45) is 1.37. The molecule has 3 aliphatic rings. The third kappa shape index (κ3) is 4.80. The average molecular weight is 587 g/mol. The van der Waals surface area contributed by atoms with E-state index in [4.69, 9.17) is 19.2 Å². The van der Waals surface area contributed by atoms with E-state index in [0.29, 0.717) is 44.2 Å². The van der Waals surface area contributed by atoms with Crippen LogP contribution in [0, 0.1) is 0 Å². The smallest absolute Gasteiger partial charge is 0.418 e. The monoisotopic (exact) mass is 586 g/mol. The number of para-hydroxylation sites is 2. The normalized spacial score (nSPS) is 16.3. The van der Waals surface area contributed by atoms with E-state index in [0.717, 1.165) is 75.6 Å². The summed E-state index contributed by atoms with van der Waals surface area (Å²) in [7, 11) is 0. The number of rotatable bonds is 5. The Kier molecular flexibility index (Phi) is 6.61. The van der Waals surface area contributed by atoms with Gasteiger partial charge in [-0.25, -0.2) is 14.6 Å². The minimum absolute atomic E-state index is 0.356. The molecule has 5 aromatic rings. The van der Waals surface area contributed by atoms with Crippen LogP contribution in [0.3, 0.4) is 0 Å². The summed E-state index contributed by atoms with van der Waals surface area (Å²) >= 11 is 0. The van der Waals surface area contributed by atoms with Crippen molar-refractivity contribution < 1.29 is 23.8 Å². The zero-order valence-corrected chi connectivity index (χ0v) is 24.0. The van der Waals surface area contributed by atoms with E-state index >= 15 is 0 Å². The van der Waals surface area contributed by atoms with Gasteiger partial charge >= 0.3 is 11.9 Å². The van der Waals surface area contributed by atoms with Crippen LogP contribution in [0.4, 0.5) is 11.4 Å². The maximum absolute atomic E-state index is 12.6. The lowest BCUT2D eigenvalue weighted by Gasteiger charge is -2.28. The number of carbonyl (C=O) groups is 2. The molecule has 8 rings (SSSR count). The first-order chi connectivity index (χ1) is 21.6. The van der Waals surface area contributed by atoms with Crippen molar-refractivity contribution in [2.45, 2.75) is 25.9 Å². The lowest BCUT2D eigenvalue weighted by molar-refractivity contribution is -0.155. The Hall–Kier alpha value is -4.99. The Morgan fingerprint density at radius 1 is 0.795 bits per heavy atom. The number of aryl methyl sites for hydroxylation is 1. The summed E-state index contributed by atoms with van der Waals surface area (Å²) in [4.78, 5) is 32.1. The van der Waals surface area contributed by atoms with Gasteiger partial charge in [-0.1, -0.05) is 54.6 Å². The van der Waals surface area contributed by atoms with E-state index in [1.165, 1.54) is 0 Å². The van der Waals surface area contributed by atoms with Gasteiger partial charge in [0.2, 0.25) is 0 Å². The van der Waals surface area contributed by atoms with Crippen LogP contribution in [-0.4, -0.2) is 52.7 Å². The highest BCUT2D eigenvalue weighted by atomic mass is 16.6. The van der Waals surface area contributed by atoms with Gasteiger partial charge < -0.3 is 24.1 Å². The number of nitrogens with one attached hydrogen (secondary N) is 1. The molecule has 0 spiro atoms. The van der Waals surface area contributed by atoms with E-state index in [1.54, 1.807) is 0 Å². The van der Waals surface area contributed by atoms with E-state index in [-0.39, 0.29) is 0 Å². The molecular formula is C35H30N4O5. The number of esters is 2. The van der Waals surface area contributed by atoms with Crippen LogP contribution in [0.5, 0.6) is 11.5 Å². The second-order valence-corrected chi connectivity index (χ2v) is 11.4. The van der Waals surface area contributed by atoms with Crippen molar-refractivity contribution >= 4 is 34.3 Å². The molecule has 0 saturated carbocycles. The number of imidazole rings is 1. The minimum Gasteiger partial charge on any atom is -0.418 e. The van der Waals surface area contributed by atoms with Crippen LogP contribution >= 0.6 is 0 Å². The molecule has 0 amide bonds. The van der Waals surface area contributed by atoms with Crippen molar-refractivity contribution in [3.05, 3.63) is 101 Å². The van der Waals surface area contributed by atoms with Gasteiger partial charge in [0.1, 0.15) is 17.3 Å². The van der Waals surface area contributed by atoms with E-state index in [9.17, 15) is 9.59 Å². The highest BCUT2D eigenvalue weighted by Gasteiger charge is 2.33. The predicted molar refractivity (Wildman–Crippen MR) is 165 cm³/mol. The van der Waals surface area contributed by atoms with Crippen molar-refractivity contribution in [1.82, 2.24) is 14.5 Å². The average Bonchev–Trinajstić information content (AvgIpc) is 3.27. The number of hydrogen-bond donors (Lipinski definition) is 1. The van der Waals surface area contributed by atoms with Gasteiger partial charge in [-0.15, -0.1) is 0 Å². The molecule has 0 aliphatic carbocycles. The van der Waals surface area contributed by atoms with Gasteiger partial charge in [-0.3, -0.25) is 4.90 Å². The van der Waals surface area contributed by atoms with Crippen LogP contribution in [0.15, 0.2) is 78.9 Å². The highest BCUT2D eigenvalue weighted by molar-refractivity contribution is 6.31. The van der Waals surface area contributed by atoms with Crippen LogP contribution < -0.4 is 14.8 Å². The number of anilines is 2. The number of aromatic nitrogens is 2. The fourth-order valence-electron chi connectivity index (χ4n) is 6.41. The topological polar surface area (TPSA) is 94.9 Å². The van der Waals surface area contributed by atoms with Gasteiger partial charge in [-0.05, 0) is 42.2 Å². The number of hydrogen-bond acceptors (Lipinski definition) is 8. The van der Waals surface area contributed by atoms with Crippen molar-refractivity contribution in [1.29, 1.82) is 0 Å². The first-order valence-corrected chi connectivity index (χ1v) is 14.9. The van der Waals surface area contributed by atoms with Crippen molar-refractivity contribution in [2.24, 2.45) is 0 Å². The number of benzene rings is 4. The second kappa shape index (κ2) is 10.9. The van der Waals surface area contributed by atoms with Crippen molar-refractivity contribution in [3.8, 4) is 22.9 Å². The number of fused-ring (bicyclic) bond motifs is 6. The molecule has 9 heteroatoms. The largest absolute Gasteiger partial charge is 0.423 e. The summed E-state index contributed by atoms with van der Waals surface area (Å²) in [6, 6.07) is 26.8. The van der Waals surface area contributed by atoms with E-state index < -0.39 is 11.9 Å². The molecule has 1 N–H and O–H groups in total. The van der Waals surface area contributed by atoms with Gasteiger partial charge in [0.15, 0.2) is 0 Å². The van der Waals surface area contributed by atoms with E-state index in [2.05, 4.69) is 57.2 Å². The third-order valence-electron chi connectivity index (χ3n) is 8.61. The molecular weight excluding hydrogens is 556 g/mol. The lowest BCUT2D eigenvalue weighted by atomic mass is 9.99. The summed E-state index contributed by atoms with van der Waals surface area (Å²) in [6.45, 7) is 3.94. The SMILES string of the molecule is O=C1Oc2cc3c(c(c2CN2CCOCC2)OC1=O)CCc1cc(Cn2c(-c4ccccc4)nc4ccccc42)ccc1N3. The fourth-order valence-corrected chi connectivity index (χ4v) is 6.41.